The molecule has 31 heavy (non-hydrogen) atoms. The molecule has 1 heterocycles. The number of nitrogens with zero attached hydrogens (tertiary/aromatic N) is 1. The summed E-state index contributed by atoms with van der Waals surface area (Å²) in [6.45, 7) is 8.46. The summed E-state index contributed by atoms with van der Waals surface area (Å²) < 4.78 is 17.3. The number of carbonyl (C=O) groups is 1. The average Bonchev–Trinajstić information content (AvgIpc) is 2.72. The minimum absolute atomic E-state index is 0.247. The normalized spacial score (nSPS) is 11.2. The van der Waals surface area contributed by atoms with Crippen LogP contribution in [0.3, 0.4) is 0 Å². The number of aromatic nitrogens is 1. The Kier molecular flexibility index (Phi) is 7.34. The second-order valence-electron chi connectivity index (χ2n) is 8.26. The minimum atomic E-state index is -0.551. The summed E-state index contributed by atoms with van der Waals surface area (Å²) in [6.07, 6.45) is 1.52. The van der Waals surface area contributed by atoms with Gasteiger partial charge in [0.25, 0.3) is 0 Å². The Morgan fingerprint density at radius 3 is 2.52 bits per heavy atom. The molecule has 1 N–H and O–H groups in total. The summed E-state index contributed by atoms with van der Waals surface area (Å²) in [6, 6.07) is 17.2. The Morgan fingerprint density at radius 1 is 1.03 bits per heavy atom. The number of rotatable bonds is 8. The Bertz CT molecular complexity index is 1010. The fourth-order valence-electron chi connectivity index (χ4n) is 2.93. The topological polar surface area (TPSA) is 69.7 Å². The van der Waals surface area contributed by atoms with Crippen LogP contribution in [-0.2, 0) is 11.3 Å². The van der Waals surface area contributed by atoms with Crippen molar-refractivity contribution < 1.29 is 19.0 Å². The molecule has 0 fully saturated rings. The molecule has 0 unspecified atom stereocenters. The maximum absolute atomic E-state index is 12.0. The number of amides is 1. The number of para-hydroxylation sites is 1. The lowest BCUT2D eigenvalue weighted by Gasteiger charge is -2.19. The predicted molar refractivity (Wildman–Crippen MR) is 122 cm³/mol. The maximum atomic E-state index is 12.0. The second kappa shape index (κ2) is 10.2. The van der Waals surface area contributed by atoms with Crippen molar-refractivity contribution in [2.24, 2.45) is 0 Å². The van der Waals surface area contributed by atoms with Crippen molar-refractivity contribution in [3.05, 3.63) is 60.3 Å². The molecule has 3 aromatic rings. The molecule has 0 saturated carbocycles. The highest BCUT2D eigenvalue weighted by molar-refractivity contribution is 5.86. The monoisotopic (exact) mass is 422 g/mol. The predicted octanol–water partition coefficient (Wildman–Crippen LogP) is 6.23. The summed E-state index contributed by atoms with van der Waals surface area (Å²) in [5, 5.41) is 3.62. The van der Waals surface area contributed by atoms with E-state index in [9.17, 15) is 4.79 Å². The summed E-state index contributed by atoms with van der Waals surface area (Å²) in [5.41, 5.74) is 0.918. The van der Waals surface area contributed by atoms with Gasteiger partial charge in [0, 0.05) is 11.5 Å². The van der Waals surface area contributed by atoms with Gasteiger partial charge in [-0.25, -0.2) is 4.79 Å². The molecule has 6 nitrogen and oxygen atoms in total. The van der Waals surface area contributed by atoms with E-state index in [4.69, 9.17) is 14.2 Å². The summed E-state index contributed by atoms with van der Waals surface area (Å²) in [5.74, 6) is 2.19. The van der Waals surface area contributed by atoms with Gasteiger partial charge in [0.2, 0.25) is 0 Å². The first-order valence-corrected chi connectivity index (χ1v) is 10.6. The van der Waals surface area contributed by atoms with Gasteiger partial charge in [0.1, 0.15) is 22.8 Å². The van der Waals surface area contributed by atoms with Gasteiger partial charge in [0.15, 0.2) is 0 Å². The van der Waals surface area contributed by atoms with Crippen molar-refractivity contribution in [2.75, 3.05) is 6.61 Å². The second-order valence-corrected chi connectivity index (χ2v) is 8.26. The van der Waals surface area contributed by atoms with E-state index in [-0.39, 0.29) is 6.54 Å². The van der Waals surface area contributed by atoms with Crippen molar-refractivity contribution in [1.82, 2.24) is 10.3 Å². The van der Waals surface area contributed by atoms with E-state index in [1.807, 2.05) is 75.4 Å². The summed E-state index contributed by atoms with van der Waals surface area (Å²) in [7, 11) is 0. The molecule has 0 saturated heterocycles. The number of benzene rings is 2. The van der Waals surface area contributed by atoms with E-state index >= 15 is 0 Å². The van der Waals surface area contributed by atoms with Crippen LogP contribution in [0.2, 0.25) is 0 Å². The largest absolute Gasteiger partial charge is 0.493 e. The highest BCUT2D eigenvalue weighted by atomic mass is 16.6. The molecule has 0 aliphatic rings. The van der Waals surface area contributed by atoms with E-state index in [0.29, 0.717) is 18.1 Å². The molecule has 2 aromatic carbocycles. The lowest BCUT2D eigenvalue weighted by atomic mass is 10.1. The Balaban J connectivity index is 1.84. The number of carbonyl (C=O) groups excluding carboxylic acids is 1. The Morgan fingerprint density at radius 2 is 1.81 bits per heavy atom. The molecule has 0 bridgehead atoms. The summed E-state index contributed by atoms with van der Waals surface area (Å²) >= 11 is 0. The van der Waals surface area contributed by atoms with Crippen molar-refractivity contribution in [1.29, 1.82) is 0 Å². The van der Waals surface area contributed by atoms with Crippen LogP contribution in [0.25, 0.3) is 10.9 Å². The van der Waals surface area contributed by atoms with Crippen LogP contribution >= 0.6 is 0 Å². The third-order valence-corrected chi connectivity index (χ3v) is 4.34. The molecule has 0 aliphatic carbocycles. The third kappa shape index (κ3) is 6.88. The molecule has 1 aromatic heterocycles. The fourth-order valence-corrected chi connectivity index (χ4v) is 2.93. The van der Waals surface area contributed by atoms with Crippen LogP contribution in [0, 0.1) is 0 Å². The van der Waals surface area contributed by atoms with Crippen LogP contribution in [0.5, 0.6) is 17.2 Å². The van der Waals surface area contributed by atoms with E-state index in [2.05, 4.69) is 17.2 Å². The molecule has 0 aliphatic heterocycles. The highest BCUT2D eigenvalue weighted by Crippen LogP contribution is 2.31. The van der Waals surface area contributed by atoms with Crippen LogP contribution in [-0.4, -0.2) is 23.3 Å². The van der Waals surface area contributed by atoms with Crippen LogP contribution < -0.4 is 14.8 Å². The number of fused-ring (bicyclic) bond motifs is 1. The van der Waals surface area contributed by atoms with Crippen LogP contribution in [0.4, 0.5) is 4.79 Å². The smallest absolute Gasteiger partial charge is 0.407 e. The first-order chi connectivity index (χ1) is 14.8. The minimum Gasteiger partial charge on any atom is -0.493 e. The number of pyridine rings is 1. The molecular formula is C25H30N2O4. The molecule has 6 heteroatoms. The van der Waals surface area contributed by atoms with Gasteiger partial charge in [-0.2, -0.15) is 0 Å². The zero-order chi connectivity index (χ0) is 22.3. The highest BCUT2D eigenvalue weighted by Gasteiger charge is 2.16. The number of alkyl carbamates (subject to hydrolysis) is 1. The van der Waals surface area contributed by atoms with Crippen molar-refractivity contribution in [2.45, 2.75) is 52.7 Å². The van der Waals surface area contributed by atoms with Gasteiger partial charge < -0.3 is 19.5 Å². The van der Waals surface area contributed by atoms with Crippen molar-refractivity contribution in [3.8, 4) is 17.2 Å². The van der Waals surface area contributed by atoms with Crippen LogP contribution in [0.15, 0.2) is 54.6 Å². The standard InChI is InChI=1S/C25H30N2O4/c1-5-6-14-29-23-15-18(17-26-24(28)31-25(2,3)4)27-22-13-12-20(16-21(22)23)30-19-10-8-7-9-11-19/h7-13,15-16H,5-6,14,17H2,1-4H3,(H,26,28). The Labute approximate surface area is 183 Å². The quantitative estimate of drug-likeness (QED) is 0.436. The van der Waals surface area contributed by atoms with Crippen molar-refractivity contribution >= 4 is 17.0 Å². The van der Waals surface area contributed by atoms with E-state index < -0.39 is 11.7 Å². The van der Waals surface area contributed by atoms with Gasteiger partial charge in [-0.05, 0) is 57.5 Å². The fraction of sp³-hybridized carbons (Fsp3) is 0.360. The van der Waals surface area contributed by atoms with Gasteiger partial charge in [-0.3, -0.25) is 4.98 Å². The lowest BCUT2D eigenvalue weighted by Crippen LogP contribution is -2.32. The van der Waals surface area contributed by atoms with E-state index in [1.165, 1.54) is 0 Å². The SMILES string of the molecule is CCCCOc1cc(CNC(=O)OC(C)(C)C)nc2ccc(Oc3ccccc3)cc12. The first-order valence-electron chi connectivity index (χ1n) is 10.6. The number of hydrogen-bond acceptors (Lipinski definition) is 5. The first kappa shape index (κ1) is 22.4. The molecule has 3 rings (SSSR count). The molecule has 164 valence electrons. The van der Waals surface area contributed by atoms with Gasteiger partial charge in [0.05, 0.1) is 24.4 Å². The molecular weight excluding hydrogens is 392 g/mol. The van der Waals surface area contributed by atoms with Gasteiger partial charge in [-0.15, -0.1) is 0 Å². The Hall–Kier alpha value is -3.28. The van der Waals surface area contributed by atoms with Crippen LogP contribution in [0.1, 0.15) is 46.2 Å². The average molecular weight is 423 g/mol. The molecule has 0 spiro atoms. The van der Waals surface area contributed by atoms with E-state index in [0.717, 1.165) is 35.2 Å². The molecule has 0 atom stereocenters. The van der Waals surface area contributed by atoms with Crippen molar-refractivity contribution in [3.63, 3.8) is 0 Å². The number of hydrogen-bond donors (Lipinski definition) is 1. The maximum Gasteiger partial charge on any atom is 0.407 e. The zero-order valence-electron chi connectivity index (χ0n) is 18.6. The molecule has 0 radical (unpaired) electrons. The summed E-state index contributed by atoms with van der Waals surface area (Å²) in [4.78, 5) is 16.7. The number of ether oxygens (including phenoxy) is 3. The lowest BCUT2D eigenvalue weighted by molar-refractivity contribution is 0.0523. The van der Waals surface area contributed by atoms with Gasteiger partial charge in [-0.1, -0.05) is 31.5 Å². The number of nitrogens with one attached hydrogen (secondary N) is 1. The van der Waals surface area contributed by atoms with E-state index in [1.54, 1.807) is 0 Å². The zero-order valence-corrected chi connectivity index (χ0v) is 18.6. The third-order valence-electron chi connectivity index (χ3n) is 4.34. The van der Waals surface area contributed by atoms with Gasteiger partial charge >= 0.3 is 6.09 Å². The number of unbranched alkanes of at least 4 members (excludes halogenated alkanes) is 1. The molecule has 1 amide bonds.